The lowest BCUT2D eigenvalue weighted by Crippen LogP contribution is -2.27. The highest BCUT2D eigenvalue weighted by atomic mass is 35.5. The summed E-state index contributed by atoms with van der Waals surface area (Å²) in [6.45, 7) is 1.87. The summed E-state index contributed by atoms with van der Waals surface area (Å²) in [5.41, 5.74) is 1.33. The Morgan fingerprint density at radius 1 is 1.03 bits per heavy atom. The van der Waals surface area contributed by atoms with E-state index in [1.165, 1.54) is 17.0 Å². The number of nitrogens with zero attached hydrogens (tertiary/aromatic N) is 2. The minimum Gasteiger partial charge on any atom is -0.606 e. The molecular weight excluding hydrogens is 412 g/mol. The van der Waals surface area contributed by atoms with Gasteiger partial charge in [0.15, 0.2) is 4.90 Å². The number of nitro benzene ring substituents is 1. The molecule has 0 aliphatic carbocycles. The lowest BCUT2D eigenvalue weighted by Gasteiger charge is -2.19. The third-order valence-electron chi connectivity index (χ3n) is 4.42. The zero-order valence-corrected chi connectivity index (χ0v) is 17.2. The first-order valence-corrected chi connectivity index (χ1v) is 10.1. The fourth-order valence-electron chi connectivity index (χ4n) is 2.91. The molecule has 1 amide bonds. The van der Waals surface area contributed by atoms with Gasteiger partial charge in [0.2, 0.25) is 4.90 Å². The first-order valence-electron chi connectivity index (χ1n) is 8.59. The van der Waals surface area contributed by atoms with E-state index in [2.05, 4.69) is 0 Å². The molecule has 29 heavy (non-hydrogen) atoms. The molecule has 0 aromatic heterocycles. The Balaban J connectivity index is 2.00. The number of anilines is 1. The molecule has 1 atom stereocenters. The second kappa shape index (κ2) is 8.65. The summed E-state index contributed by atoms with van der Waals surface area (Å²) in [7, 11) is 1.60. The number of para-hydroxylation sites is 1. The first-order chi connectivity index (χ1) is 13.8. The van der Waals surface area contributed by atoms with Gasteiger partial charge in [0.25, 0.3) is 5.91 Å². The van der Waals surface area contributed by atoms with E-state index >= 15 is 0 Å². The number of benzene rings is 3. The molecule has 0 bridgehead atoms. The van der Waals surface area contributed by atoms with Gasteiger partial charge in [-0.1, -0.05) is 41.9 Å². The largest absolute Gasteiger partial charge is 0.606 e. The van der Waals surface area contributed by atoms with Crippen LogP contribution in [0.15, 0.2) is 76.5 Å². The number of aryl methyl sites for hydroxylation is 1. The van der Waals surface area contributed by atoms with Crippen LogP contribution in [0.4, 0.5) is 11.4 Å². The van der Waals surface area contributed by atoms with Crippen molar-refractivity contribution in [3.63, 3.8) is 0 Å². The average Bonchev–Trinajstić information content (AvgIpc) is 2.72. The van der Waals surface area contributed by atoms with E-state index in [0.29, 0.717) is 5.69 Å². The number of amides is 1. The summed E-state index contributed by atoms with van der Waals surface area (Å²) in [5.74, 6) is -0.405. The summed E-state index contributed by atoms with van der Waals surface area (Å²) in [6, 6.07) is 17.7. The van der Waals surface area contributed by atoms with Crippen LogP contribution in [0.1, 0.15) is 15.9 Å². The van der Waals surface area contributed by atoms with Crippen LogP contribution in [0, 0.1) is 17.0 Å². The van der Waals surface area contributed by atoms with E-state index in [4.69, 9.17) is 11.6 Å². The Hall–Kier alpha value is -2.87. The number of carbonyl (C=O) groups excluding carboxylic acids is 1. The highest BCUT2D eigenvalue weighted by Gasteiger charge is 2.30. The highest BCUT2D eigenvalue weighted by molar-refractivity contribution is 7.91. The second-order valence-corrected chi connectivity index (χ2v) is 8.11. The van der Waals surface area contributed by atoms with Crippen LogP contribution in [0.5, 0.6) is 0 Å². The molecule has 3 rings (SSSR count). The summed E-state index contributed by atoms with van der Waals surface area (Å²) < 4.78 is 12.9. The lowest BCUT2D eigenvalue weighted by atomic mass is 10.1. The molecule has 0 radical (unpaired) electrons. The van der Waals surface area contributed by atoms with Gasteiger partial charge >= 0.3 is 5.69 Å². The molecule has 0 spiro atoms. The van der Waals surface area contributed by atoms with Crippen molar-refractivity contribution in [3.05, 3.63) is 93.0 Å². The van der Waals surface area contributed by atoms with E-state index < -0.39 is 27.7 Å². The topological polar surface area (TPSA) is 86.5 Å². The standard InChI is InChI=1S/C21H17ClN2O4S/c1-14-7-3-5-9-17(14)23(2)21(25)15-11-12-20(18(13-15)24(26)27)29(28)19-10-6-4-8-16(19)22/h3-13H,1-2H3. The second-order valence-electron chi connectivity index (χ2n) is 6.29. The fraction of sp³-hybridized carbons (Fsp3) is 0.0952. The maximum Gasteiger partial charge on any atom is 0.324 e. The third-order valence-corrected chi connectivity index (χ3v) is 6.36. The Kier molecular flexibility index (Phi) is 6.22. The van der Waals surface area contributed by atoms with Gasteiger partial charge < -0.3 is 9.45 Å². The summed E-state index contributed by atoms with van der Waals surface area (Å²) >= 11 is 4.22. The Morgan fingerprint density at radius 3 is 2.34 bits per heavy atom. The molecule has 0 aliphatic rings. The minimum atomic E-state index is -1.86. The predicted molar refractivity (Wildman–Crippen MR) is 113 cm³/mol. The number of halogens is 1. The van der Waals surface area contributed by atoms with Crippen molar-refractivity contribution in [1.82, 2.24) is 0 Å². The zero-order chi connectivity index (χ0) is 21.1. The molecule has 3 aromatic carbocycles. The van der Waals surface area contributed by atoms with E-state index in [0.717, 1.165) is 11.6 Å². The number of rotatable bonds is 5. The minimum absolute atomic E-state index is 0.0156. The van der Waals surface area contributed by atoms with Gasteiger partial charge in [-0.3, -0.25) is 14.9 Å². The number of nitro groups is 1. The van der Waals surface area contributed by atoms with Crippen LogP contribution in [0.25, 0.3) is 0 Å². The van der Waals surface area contributed by atoms with E-state index in [1.807, 2.05) is 25.1 Å². The maximum absolute atomic E-state index is 12.9. The molecule has 148 valence electrons. The zero-order valence-electron chi connectivity index (χ0n) is 15.7. The van der Waals surface area contributed by atoms with Crippen molar-refractivity contribution >= 4 is 40.1 Å². The molecule has 3 aromatic rings. The van der Waals surface area contributed by atoms with Crippen LogP contribution < -0.4 is 4.90 Å². The van der Waals surface area contributed by atoms with Gasteiger partial charge in [-0.15, -0.1) is 0 Å². The fourth-order valence-corrected chi connectivity index (χ4v) is 4.45. The van der Waals surface area contributed by atoms with Crippen molar-refractivity contribution in [1.29, 1.82) is 0 Å². The molecule has 0 saturated heterocycles. The van der Waals surface area contributed by atoms with Gasteiger partial charge in [0.05, 0.1) is 9.95 Å². The monoisotopic (exact) mass is 428 g/mol. The number of carbonyl (C=O) groups is 1. The number of hydrogen-bond acceptors (Lipinski definition) is 4. The molecule has 0 heterocycles. The van der Waals surface area contributed by atoms with Crippen molar-refractivity contribution in [2.75, 3.05) is 11.9 Å². The summed E-state index contributed by atoms with van der Waals surface area (Å²) in [4.78, 5) is 25.5. The SMILES string of the molecule is Cc1ccccc1N(C)C(=O)c1ccc([S+]([O-])c2ccccc2Cl)c([N+](=O)[O-])c1. The Morgan fingerprint density at radius 2 is 1.69 bits per heavy atom. The molecule has 6 nitrogen and oxygen atoms in total. The predicted octanol–water partition coefficient (Wildman–Crippen LogP) is 5.00. The van der Waals surface area contributed by atoms with Gasteiger partial charge in [-0.2, -0.15) is 0 Å². The molecule has 0 fully saturated rings. The lowest BCUT2D eigenvalue weighted by molar-refractivity contribution is -0.387. The van der Waals surface area contributed by atoms with Crippen LogP contribution >= 0.6 is 11.6 Å². The van der Waals surface area contributed by atoms with Crippen LogP contribution in [0.2, 0.25) is 5.02 Å². The molecule has 0 aliphatic heterocycles. The van der Waals surface area contributed by atoms with Gasteiger partial charge in [0, 0.05) is 41.6 Å². The third kappa shape index (κ3) is 4.27. The van der Waals surface area contributed by atoms with E-state index in [9.17, 15) is 19.5 Å². The van der Waals surface area contributed by atoms with Gasteiger partial charge in [-0.05, 0) is 36.8 Å². The van der Waals surface area contributed by atoms with Gasteiger partial charge in [0.1, 0.15) is 0 Å². The smallest absolute Gasteiger partial charge is 0.324 e. The van der Waals surface area contributed by atoms with Crippen LogP contribution in [0.3, 0.4) is 0 Å². The Labute approximate surface area is 176 Å². The highest BCUT2D eigenvalue weighted by Crippen LogP contribution is 2.34. The molecule has 1 unspecified atom stereocenters. The molecule has 0 saturated carbocycles. The van der Waals surface area contributed by atoms with E-state index in [1.54, 1.807) is 37.4 Å². The van der Waals surface area contributed by atoms with Crippen molar-refractivity contribution < 1.29 is 14.3 Å². The average molecular weight is 429 g/mol. The molecular formula is C21H17ClN2O4S. The quantitative estimate of drug-likeness (QED) is 0.325. The maximum atomic E-state index is 12.9. The Bertz CT molecular complexity index is 1090. The summed E-state index contributed by atoms with van der Waals surface area (Å²) in [5, 5.41) is 11.9. The van der Waals surface area contributed by atoms with E-state index in [-0.39, 0.29) is 20.4 Å². The summed E-state index contributed by atoms with van der Waals surface area (Å²) in [6.07, 6.45) is 0. The number of hydrogen-bond donors (Lipinski definition) is 0. The molecule has 0 N–H and O–H groups in total. The van der Waals surface area contributed by atoms with Crippen LogP contribution in [-0.2, 0) is 11.2 Å². The van der Waals surface area contributed by atoms with Crippen molar-refractivity contribution in [2.24, 2.45) is 0 Å². The van der Waals surface area contributed by atoms with Crippen molar-refractivity contribution in [3.8, 4) is 0 Å². The normalized spacial score (nSPS) is 11.7. The van der Waals surface area contributed by atoms with Crippen LogP contribution in [-0.4, -0.2) is 22.4 Å². The van der Waals surface area contributed by atoms with Gasteiger partial charge in [-0.25, -0.2) is 0 Å². The molecule has 8 heteroatoms. The van der Waals surface area contributed by atoms with Crippen molar-refractivity contribution in [2.45, 2.75) is 16.7 Å². The first kappa shape index (κ1) is 20.9.